The van der Waals surface area contributed by atoms with E-state index in [-0.39, 0.29) is 11.1 Å². The first-order valence-corrected chi connectivity index (χ1v) is 6.74. The second-order valence-electron chi connectivity index (χ2n) is 4.70. The number of H-pyrrole nitrogens is 1. The number of para-hydroxylation sites is 2. The zero-order valence-electron chi connectivity index (χ0n) is 12.9. The quantitative estimate of drug-likeness (QED) is 0.837. The summed E-state index contributed by atoms with van der Waals surface area (Å²) < 4.78 is 9.77. The molecule has 7 nitrogen and oxygen atoms in total. The first-order valence-electron chi connectivity index (χ1n) is 6.74. The van der Waals surface area contributed by atoms with Crippen LogP contribution in [0, 0.1) is 6.92 Å². The highest BCUT2D eigenvalue weighted by Gasteiger charge is 2.18. The van der Waals surface area contributed by atoms with Crippen LogP contribution in [0.3, 0.4) is 0 Å². The van der Waals surface area contributed by atoms with Gasteiger partial charge in [-0.25, -0.2) is 4.79 Å². The van der Waals surface area contributed by atoms with E-state index in [1.165, 1.54) is 20.3 Å². The normalized spacial score (nSPS) is 10.0. The monoisotopic (exact) mass is 316 g/mol. The lowest BCUT2D eigenvalue weighted by Crippen LogP contribution is -2.25. The number of carbonyl (C=O) groups excluding carboxylic acids is 2. The number of pyridine rings is 1. The SMILES string of the molecule is COC(=O)c1cc(C(=O)Nc2ccccc2OC)c(=O)[nH]c1C. The Morgan fingerprint density at radius 2 is 1.83 bits per heavy atom. The summed E-state index contributed by atoms with van der Waals surface area (Å²) >= 11 is 0. The number of methoxy groups -OCH3 is 2. The smallest absolute Gasteiger partial charge is 0.339 e. The molecule has 1 aromatic heterocycles. The van der Waals surface area contributed by atoms with Crippen molar-refractivity contribution in [3.05, 3.63) is 57.5 Å². The third-order valence-corrected chi connectivity index (χ3v) is 3.24. The summed E-state index contributed by atoms with van der Waals surface area (Å²) in [7, 11) is 2.69. The van der Waals surface area contributed by atoms with Crippen LogP contribution in [0.2, 0.25) is 0 Å². The van der Waals surface area contributed by atoms with E-state index in [4.69, 9.17) is 4.74 Å². The van der Waals surface area contributed by atoms with Gasteiger partial charge in [-0.05, 0) is 25.1 Å². The first kappa shape index (κ1) is 16.3. The van der Waals surface area contributed by atoms with Gasteiger partial charge < -0.3 is 19.8 Å². The summed E-state index contributed by atoms with van der Waals surface area (Å²) in [5, 5.41) is 2.59. The lowest BCUT2D eigenvalue weighted by Gasteiger charge is -2.10. The van der Waals surface area contributed by atoms with Gasteiger partial charge in [-0.3, -0.25) is 9.59 Å². The van der Waals surface area contributed by atoms with Gasteiger partial charge in [0.15, 0.2) is 0 Å². The van der Waals surface area contributed by atoms with Crippen molar-refractivity contribution in [3.8, 4) is 5.75 Å². The van der Waals surface area contributed by atoms with Crippen molar-refractivity contribution < 1.29 is 19.1 Å². The van der Waals surface area contributed by atoms with Crippen molar-refractivity contribution in [2.45, 2.75) is 6.92 Å². The van der Waals surface area contributed by atoms with E-state index in [0.717, 1.165) is 0 Å². The number of benzene rings is 1. The number of hydrogen-bond acceptors (Lipinski definition) is 5. The van der Waals surface area contributed by atoms with E-state index in [9.17, 15) is 14.4 Å². The van der Waals surface area contributed by atoms with Crippen molar-refractivity contribution in [2.24, 2.45) is 0 Å². The number of nitrogens with one attached hydrogen (secondary N) is 2. The second kappa shape index (κ2) is 6.78. The average molecular weight is 316 g/mol. The fourth-order valence-electron chi connectivity index (χ4n) is 2.05. The fraction of sp³-hybridized carbons (Fsp3) is 0.188. The van der Waals surface area contributed by atoms with Crippen LogP contribution < -0.4 is 15.6 Å². The average Bonchev–Trinajstić information content (AvgIpc) is 2.54. The maximum absolute atomic E-state index is 12.3. The van der Waals surface area contributed by atoms with Crippen LogP contribution in [0.25, 0.3) is 0 Å². The summed E-state index contributed by atoms with van der Waals surface area (Å²) in [5.41, 5.74) is 0.0806. The highest BCUT2D eigenvalue weighted by molar-refractivity contribution is 6.06. The third-order valence-electron chi connectivity index (χ3n) is 3.24. The Hall–Kier alpha value is -3.09. The summed E-state index contributed by atoms with van der Waals surface area (Å²) in [6.07, 6.45) is 0. The molecule has 0 atom stereocenters. The summed E-state index contributed by atoms with van der Waals surface area (Å²) in [6.45, 7) is 1.55. The predicted molar refractivity (Wildman–Crippen MR) is 84.1 cm³/mol. The maximum Gasteiger partial charge on any atom is 0.339 e. The number of aromatic nitrogens is 1. The minimum absolute atomic E-state index is 0.122. The summed E-state index contributed by atoms with van der Waals surface area (Å²) in [5.74, 6) is -0.830. The van der Waals surface area contributed by atoms with Gasteiger partial charge in [0.1, 0.15) is 11.3 Å². The molecule has 1 amide bonds. The van der Waals surface area contributed by atoms with E-state index >= 15 is 0 Å². The number of anilines is 1. The molecule has 0 fully saturated rings. The number of esters is 1. The van der Waals surface area contributed by atoms with Crippen LogP contribution in [0.5, 0.6) is 5.75 Å². The van der Waals surface area contributed by atoms with Crippen molar-refractivity contribution >= 4 is 17.6 Å². The molecule has 2 N–H and O–H groups in total. The van der Waals surface area contributed by atoms with Crippen molar-refractivity contribution in [1.29, 1.82) is 0 Å². The van der Waals surface area contributed by atoms with Gasteiger partial charge in [0, 0.05) is 5.69 Å². The number of aromatic amines is 1. The number of amides is 1. The van der Waals surface area contributed by atoms with Gasteiger partial charge in [-0.1, -0.05) is 12.1 Å². The highest BCUT2D eigenvalue weighted by atomic mass is 16.5. The molecule has 23 heavy (non-hydrogen) atoms. The van der Waals surface area contributed by atoms with E-state index < -0.39 is 17.4 Å². The topological polar surface area (TPSA) is 97.5 Å². The lowest BCUT2D eigenvalue weighted by atomic mass is 10.1. The summed E-state index contributed by atoms with van der Waals surface area (Å²) in [4.78, 5) is 38.5. The molecule has 0 aliphatic rings. The predicted octanol–water partition coefficient (Wildman–Crippen LogP) is 1.73. The van der Waals surface area contributed by atoms with E-state index in [2.05, 4.69) is 15.0 Å². The lowest BCUT2D eigenvalue weighted by molar-refractivity contribution is 0.0599. The Balaban J connectivity index is 2.39. The van der Waals surface area contributed by atoms with Crippen LogP contribution in [0.1, 0.15) is 26.4 Å². The van der Waals surface area contributed by atoms with E-state index in [0.29, 0.717) is 17.1 Å². The fourth-order valence-corrected chi connectivity index (χ4v) is 2.05. The number of carbonyl (C=O) groups is 2. The van der Waals surface area contributed by atoms with Gasteiger partial charge in [0.05, 0.1) is 25.5 Å². The molecule has 0 radical (unpaired) electrons. The molecule has 0 saturated carbocycles. The largest absolute Gasteiger partial charge is 0.495 e. The van der Waals surface area contributed by atoms with E-state index in [1.807, 2.05) is 0 Å². The Morgan fingerprint density at radius 3 is 2.48 bits per heavy atom. The van der Waals surface area contributed by atoms with Gasteiger partial charge in [-0.2, -0.15) is 0 Å². The standard InChI is InChI=1S/C16H16N2O5/c1-9-10(16(21)23-3)8-11(14(19)17-9)15(20)18-12-6-4-5-7-13(12)22-2/h4-8H,1-3H3,(H,17,19)(H,18,20). The Kier molecular flexibility index (Phi) is 4.80. The number of rotatable bonds is 4. The molecule has 0 bridgehead atoms. The van der Waals surface area contributed by atoms with E-state index in [1.54, 1.807) is 31.2 Å². The molecule has 1 heterocycles. The zero-order valence-corrected chi connectivity index (χ0v) is 12.9. The zero-order chi connectivity index (χ0) is 17.0. The van der Waals surface area contributed by atoms with Crippen LogP contribution in [0.15, 0.2) is 35.1 Å². The molecule has 0 aliphatic heterocycles. The number of hydrogen-bond donors (Lipinski definition) is 2. The van der Waals surface area contributed by atoms with Crippen LogP contribution in [-0.4, -0.2) is 31.1 Å². The first-order chi connectivity index (χ1) is 11.0. The Labute approximate surface area is 132 Å². The second-order valence-corrected chi connectivity index (χ2v) is 4.70. The molecule has 2 rings (SSSR count). The molecule has 0 saturated heterocycles. The van der Waals surface area contributed by atoms with Crippen molar-refractivity contribution in [1.82, 2.24) is 4.98 Å². The minimum atomic E-state index is -0.652. The molecule has 0 spiro atoms. The van der Waals surface area contributed by atoms with Gasteiger partial charge in [0.2, 0.25) is 0 Å². The van der Waals surface area contributed by atoms with Gasteiger partial charge in [0.25, 0.3) is 11.5 Å². The number of ether oxygens (including phenoxy) is 2. The highest BCUT2D eigenvalue weighted by Crippen LogP contribution is 2.23. The van der Waals surface area contributed by atoms with Crippen LogP contribution >= 0.6 is 0 Å². The third kappa shape index (κ3) is 3.39. The minimum Gasteiger partial charge on any atom is -0.495 e. The molecular formula is C16H16N2O5. The van der Waals surface area contributed by atoms with Gasteiger partial charge in [-0.15, -0.1) is 0 Å². The van der Waals surface area contributed by atoms with Crippen molar-refractivity contribution in [3.63, 3.8) is 0 Å². The molecule has 0 unspecified atom stereocenters. The molecule has 0 aliphatic carbocycles. The maximum atomic E-state index is 12.3. The Bertz CT molecular complexity index is 810. The molecule has 7 heteroatoms. The van der Waals surface area contributed by atoms with Gasteiger partial charge >= 0.3 is 5.97 Å². The van der Waals surface area contributed by atoms with Crippen LogP contribution in [0.4, 0.5) is 5.69 Å². The molecule has 2 aromatic rings. The molecule has 1 aromatic carbocycles. The van der Waals surface area contributed by atoms with Crippen molar-refractivity contribution in [2.75, 3.05) is 19.5 Å². The molecular weight excluding hydrogens is 300 g/mol. The van der Waals surface area contributed by atoms with Crippen LogP contribution in [-0.2, 0) is 4.74 Å². The Morgan fingerprint density at radius 1 is 1.13 bits per heavy atom. The number of aryl methyl sites for hydroxylation is 1. The summed E-state index contributed by atoms with van der Waals surface area (Å²) in [6, 6.07) is 8.00. The molecule has 120 valence electrons.